The minimum Gasteiger partial charge on any atom is -0.466 e. The number of carbonyl (C=O) groups excluding carboxylic acids is 2. The van der Waals surface area contributed by atoms with Crippen molar-refractivity contribution in [2.45, 2.75) is 51.8 Å². The predicted octanol–water partition coefficient (Wildman–Crippen LogP) is 4.66. The van der Waals surface area contributed by atoms with E-state index in [9.17, 15) is 14.0 Å². The molecule has 0 saturated carbocycles. The molecule has 1 saturated heterocycles. The van der Waals surface area contributed by atoms with Crippen molar-refractivity contribution in [1.82, 2.24) is 4.90 Å². The number of likely N-dealkylation sites (tertiary alicyclic amines) is 1. The van der Waals surface area contributed by atoms with Crippen LogP contribution in [0.25, 0.3) is 0 Å². The standard InChI is InChI=1S/C22H30FNO4/c1-18(25)27-16-8-3-2-7-11-21(23)20-12-14-24(15-13-20)22(26)28-17-19-9-5-4-6-10-19/h4-7,9-11,20-21H,2-3,8,12-17H2,1H3/b11-7+/t21-/m1/s1. The average molecular weight is 391 g/mol. The molecule has 154 valence electrons. The SMILES string of the molecule is CC(=O)OCCCC/C=C/[C@@H](F)C1CCN(C(=O)OCc2ccccc2)CC1. The molecule has 1 aliphatic heterocycles. The van der Waals surface area contributed by atoms with Crippen molar-refractivity contribution >= 4 is 12.1 Å². The van der Waals surface area contributed by atoms with Gasteiger partial charge in [-0.1, -0.05) is 42.5 Å². The van der Waals surface area contributed by atoms with Crippen molar-refractivity contribution < 1.29 is 23.5 Å². The van der Waals surface area contributed by atoms with Gasteiger partial charge in [-0.2, -0.15) is 0 Å². The summed E-state index contributed by atoms with van der Waals surface area (Å²) in [5.74, 6) is -0.329. The molecular weight excluding hydrogens is 361 g/mol. The Morgan fingerprint density at radius 2 is 1.89 bits per heavy atom. The van der Waals surface area contributed by atoms with Gasteiger partial charge in [-0.3, -0.25) is 4.79 Å². The number of esters is 1. The van der Waals surface area contributed by atoms with Crippen molar-refractivity contribution in [3.05, 3.63) is 48.0 Å². The van der Waals surface area contributed by atoms with Gasteiger partial charge in [0.2, 0.25) is 0 Å². The van der Waals surface area contributed by atoms with Gasteiger partial charge in [-0.15, -0.1) is 0 Å². The Hall–Kier alpha value is -2.37. The van der Waals surface area contributed by atoms with E-state index in [2.05, 4.69) is 0 Å². The average Bonchev–Trinajstić information content (AvgIpc) is 2.71. The van der Waals surface area contributed by atoms with Gasteiger partial charge >= 0.3 is 12.1 Å². The molecule has 28 heavy (non-hydrogen) atoms. The summed E-state index contributed by atoms with van der Waals surface area (Å²) in [6.07, 6.45) is 5.85. The molecule has 0 bridgehead atoms. The van der Waals surface area contributed by atoms with Crippen molar-refractivity contribution in [2.24, 2.45) is 5.92 Å². The van der Waals surface area contributed by atoms with Crippen LogP contribution in [0.2, 0.25) is 0 Å². The summed E-state index contributed by atoms with van der Waals surface area (Å²) in [5, 5.41) is 0. The molecule has 0 aliphatic carbocycles. The van der Waals surface area contributed by atoms with Crippen molar-refractivity contribution in [3.8, 4) is 0 Å². The lowest BCUT2D eigenvalue weighted by molar-refractivity contribution is -0.141. The number of unbranched alkanes of at least 4 members (excludes halogenated alkanes) is 2. The Bertz CT molecular complexity index is 627. The first kappa shape index (κ1) is 21.9. The maximum Gasteiger partial charge on any atom is 0.410 e. The van der Waals surface area contributed by atoms with Crippen LogP contribution in [0.4, 0.5) is 9.18 Å². The molecule has 1 fully saturated rings. The highest BCUT2D eigenvalue weighted by atomic mass is 19.1. The van der Waals surface area contributed by atoms with E-state index in [-0.39, 0.29) is 24.6 Å². The molecule has 6 heteroatoms. The Balaban J connectivity index is 1.60. The zero-order chi connectivity index (χ0) is 20.2. The molecule has 0 radical (unpaired) electrons. The summed E-state index contributed by atoms with van der Waals surface area (Å²) in [4.78, 5) is 24.5. The molecule has 2 rings (SSSR count). The largest absolute Gasteiger partial charge is 0.466 e. The maximum atomic E-state index is 14.4. The highest BCUT2D eigenvalue weighted by Gasteiger charge is 2.27. The van der Waals surface area contributed by atoms with Gasteiger partial charge in [0.05, 0.1) is 6.61 Å². The number of piperidine rings is 1. The maximum absolute atomic E-state index is 14.4. The van der Waals surface area contributed by atoms with E-state index in [0.29, 0.717) is 32.5 Å². The first-order valence-electron chi connectivity index (χ1n) is 9.96. The van der Waals surface area contributed by atoms with Crippen LogP contribution in [0, 0.1) is 5.92 Å². The van der Waals surface area contributed by atoms with Crippen molar-refractivity contribution in [2.75, 3.05) is 19.7 Å². The van der Waals surface area contributed by atoms with Gasteiger partial charge in [-0.25, -0.2) is 9.18 Å². The smallest absolute Gasteiger partial charge is 0.410 e. The third-order valence-electron chi connectivity index (χ3n) is 4.84. The molecule has 1 aromatic carbocycles. The van der Waals surface area contributed by atoms with E-state index in [1.54, 1.807) is 11.0 Å². The van der Waals surface area contributed by atoms with E-state index in [4.69, 9.17) is 9.47 Å². The number of alkyl halides is 1. The minimum absolute atomic E-state index is 0.0598. The van der Waals surface area contributed by atoms with Gasteiger partial charge in [0, 0.05) is 20.0 Å². The van der Waals surface area contributed by atoms with Crippen LogP contribution in [-0.2, 0) is 20.9 Å². The number of carbonyl (C=O) groups is 2. The van der Waals surface area contributed by atoms with Crippen LogP contribution in [0.3, 0.4) is 0 Å². The Kier molecular flexibility index (Phi) is 9.52. The molecule has 0 unspecified atom stereocenters. The third-order valence-corrected chi connectivity index (χ3v) is 4.84. The molecule has 1 aliphatic rings. The molecular formula is C22H30FNO4. The summed E-state index contributed by atoms with van der Waals surface area (Å²) in [6, 6.07) is 9.56. The van der Waals surface area contributed by atoms with Gasteiger partial charge < -0.3 is 14.4 Å². The fourth-order valence-corrected chi connectivity index (χ4v) is 3.17. The number of benzene rings is 1. The van der Waals surface area contributed by atoms with Crippen LogP contribution in [0.15, 0.2) is 42.5 Å². The van der Waals surface area contributed by atoms with E-state index < -0.39 is 6.17 Å². The lowest BCUT2D eigenvalue weighted by Crippen LogP contribution is -2.40. The van der Waals surface area contributed by atoms with Crippen molar-refractivity contribution in [1.29, 1.82) is 0 Å². The fourth-order valence-electron chi connectivity index (χ4n) is 3.17. The van der Waals surface area contributed by atoms with E-state index in [0.717, 1.165) is 24.8 Å². The number of ether oxygens (including phenoxy) is 2. The summed E-state index contributed by atoms with van der Waals surface area (Å²) in [6.45, 7) is 3.11. The van der Waals surface area contributed by atoms with Crippen molar-refractivity contribution in [3.63, 3.8) is 0 Å². The van der Waals surface area contributed by atoms with Gasteiger partial charge in [-0.05, 0) is 43.6 Å². The molecule has 1 aromatic rings. The number of rotatable bonds is 9. The zero-order valence-electron chi connectivity index (χ0n) is 16.5. The number of hydrogen-bond donors (Lipinski definition) is 0. The lowest BCUT2D eigenvalue weighted by Gasteiger charge is -2.32. The van der Waals surface area contributed by atoms with E-state index >= 15 is 0 Å². The monoisotopic (exact) mass is 391 g/mol. The van der Waals surface area contributed by atoms with Crippen LogP contribution in [-0.4, -0.2) is 42.8 Å². The second-order valence-corrected chi connectivity index (χ2v) is 7.07. The summed E-state index contributed by atoms with van der Waals surface area (Å²) < 4.78 is 24.6. The van der Waals surface area contributed by atoms with Gasteiger partial charge in [0.15, 0.2) is 0 Å². The quantitative estimate of drug-likeness (QED) is 0.349. The molecule has 5 nitrogen and oxygen atoms in total. The molecule has 1 amide bonds. The predicted molar refractivity (Wildman–Crippen MR) is 105 cm³/mol. The number of amides is 1. The molecule has 0 N–H and O–H groups in total. The normalized spacial score (nSPS) is 16.1. The number of nitrogens with zero attached hydrogens (tertiary/aromatic N) is 1. The fraction of sp³-hybridized carbons (Fsp3) is 0.545. The second-order valence-electron chi connectivity index (χ2n) is 7.07. The van der Waals surface area contributed by atoms with Gasteiger partial charge in [0.25, 0.3) is 0 Å². The van der Waals surface area contributed by atoms with Crippen LogP contribution in [0.5, 0.6) is 0 Å². The number of halogens is 1. The van der Waals surface area contributed by atoms with Crippen LogP contribution >= 0.6 is 0 Å². The summed E-state index contributed by atoms with van der Waals surface area (Å²) >= 11 is 0. The Morgan fingerprint density at radius 1 is 1.18 bits per heavy atom. The second kappa shape index (κ2) is 12.2. The zero-order valence-corrected chi connectivity index (χ0v) is 16.5. The first-order valence-corrected chi connectivity index (χ1v) is 9.96. The minimum atomic E-state index is -0.990. The van der Waals surface area contributed by atoms with E-state index in [1.807, 2.05) is 36.4 Å². The lowest BCUT2D eigenvalue weighted by atomic mass is 9.92. The highest BCUT2D eigenvalue weighted by molar-refractivity contribution is 5.67. The molecule has 1 atom stereocenters. The first-order chi connectivity index (χ1) is 13.6. The highest BCUT2D eigenvalue weighted by Crippen LogP contribution is 2.24. The number of allylic oxidation sites excluding steroid dienone is 2. The summed E-state index contributed by atoms with van der Waals surface area (Å²) in [5.41, 5.74) is 0.951. The van der Waals surface area contributed by atoms with Crippen LogP contribution in [0.1, 0.15) is 44.6 Å². The van der Waals surface area contributed by atoms with Crippen LogP contribution < -0.4 is 0 Å². The molecule has 1 heterocycles. The van der Waals surface area contributed by atoms with Gasteiger partial charge in [0.1, 0.15) is 12.8 Å². The summed E-state index contributed by atoms with van der Waals surface area (Å²) in [7, 11) is 0. The number of hydrogen-bond acceptors (Lipinski definition) is 4. The van der Waals surface area contributed by atoms with E-state index in [1.165, 1.54) is 6.92 Å². The Labute approximate surface area is 166 Å². The molecule has 0 aromatic heterocycles. The topological polar surface area (TPSA) is 55.8 Å². The molecule has 0 spiro atoms. The Morgan fingerprint density at radius 3 is 2.57 bits per heavy atom. The third kappa shape index (κ3) is 8.11.